The van der Waals surface area contributed by atoms with Crippen LogP contribution in [0.4, 0.5) is 5.69 Å². The van der Waals surface area contributed by atoms with Crippen molar-refractivity contribution in [3.05, 3.63) is 23.1 Å². The van der Waals surface area contributed by atoms with E-state index >= 15 is 0 Å². The van der Waals surface area contributed by atoms with E-state index in [1.165, 1.54) is 20.5 Å². The molecule has 0 spiro atoms. The summed E-state index contributed by atoms with van der Waals surface area (Å²) in [6, 6.07) is 4.16. The number of aryl methyl sites for hydroxylation is 1. The van der Waals surface area contributed by atoms with E-state index in [2.05, 4.69) is 24.6 Å². The Morgan fingerprint density at radius 2 is 2.21 bits per heavy atom. The lowest BCUT2D eigenvalue weighted by molar-refractivity contribution is 1.16. The van der Waals surface area contributed by atoms with E-state index in [1.807, 2.05) is 6.07 Å². The van der Waals surface area contributed by atoms with Crippen LogP contribution < -0.4 is 5.73 Å². The van der Waals surface area contributed by atoms with Gasteiger partial charge in [-0.25, -0.2) is 0 Å². The summed E-state index contributed by atoms with van der Waals surface area (Å²) in [4.78, 5) is 1.30. The molecule has 1 heterocycles. The minimum Gasteiger partial charge on any atom is -0.398 e. The van der Waals surface area contributed by atoms with Crippen molar-refractivity contribution in [2.24, 2.45) is 0 Å². The van der Waals surface area contributed by atoms with Crippen molar-refractivity contribution in [2.75, 3.05) is 12.0 Å². The minimum absolute atomic E-state index is 0.905. The Kier molecular flexibility index (Phi) is 2.70. The number of fused-ring (bicyclic) bond motifs is 1. The molecule has 2 aromatic rings. The van der Waals surface area contributed by atoms with Crippen LogP contribution in [0.25, 0.3) is 10.1 Å². The molecule has 74 valence electrons. The fourth-order valence-electron chi connectivity index (χ4n) is 1.63. The first-order valence-corrected chi connectivity index (χ1v) is 6.71. The number of hydrogen-bond donors (Lipinski definition) is 1. The monoisotopic (exact) mass is 223 g/mol. The maximum Gasteiger partial charge on any atom is 0.0413 e. The second kappa shape index (κ2) is 3.83. The van der Waals surface area contributed by atoms with Crippen LogP contribution in [0, 0.1) is 0 Å². The molecule has 2 rings (SSSR count). The number of hydrogen-bond acceptors (Lipinski definition) is 3. The molecule has 1 nitrogen and oxygen atoms in total. The molecule has 0 bridgehead atoms. The van der Waals surface area contributed by atoms with Crippen LogP contribution in [0.1, 0.15) is 12.5 Å². The summed E-state index contributed by atoms with van der Waals surface area (Å²) in [5.74, 6) is 0. The highest BCUT2D eigenvalue weighted by atomic mass is 32.2. The second-order valence-electron chi connectivity index (χ2n) is 3.18. The smallest absolute Gasteiger partial charge is 0.0413 e. The van der Waals surface area contributed by atoms with Crippen molar-refractivity contribution in [1.29, 1.82) is 0 Å². The fraction of sp³-hybridized carbons (Fsp3) is 0.273. The average Bonchev–Trinajstić information content (AvgIpc) is 2.63. The first-order chi connectivity index (χ1) is 6.77. The molecule has 0 saturated heterocycles. The number of nitrogen functional groups attached to an aromatic ring is 1. The van der Waals surface area contributed by atoms with Crippen LogP contribution >= 0.6 is 23.1 Å². The van der Waals surface area contributed by atoms with Gasteiger partial charge in [0.15, 0.2) is 0 Å². The highest BCUT2D eigenvalue weighted by molar-refractivity contribution is 7.99. The quantitative estimate of drug-likeness (QED) is 0.619. The summed E-state index contributed by atoms with van der Waals surface area (Å²) < 4.78 is 1.36. The summed E-state index contributed by atoms with van der Waals surface area (Å²) in [7, 11) is 0. The highest BCUT2D eigenvalue weighted by Crippen LogP contribution is 2.38. The zero-order chi connectivity index (χ0) is 10.1. The largest absolute Gasteiger partial charge is 0.398 e. The Morgan fingerprint density at radius 3 is 2.86 bits per heavy atom. The highest BCUT2D eigenvalue weighted by Gasteiger charge is 2.09. The van der Waals surface area contributed by atoms with Crippen molar-refractivity contribution in [1.82, 2.24) is 0 Å². The Labute approximate surface area is 92.3 Å². The molecule has 2 N–H and O–H groups in total. The second-order valence-corrected chi connectivity index (χ2v) is 4.90. The first kappa shape index (κ1) is 9.87. The summed E-state index contributed by atoms with van der Waals surface area (Å²) >= 11 is 3.57. The lowest BCUT2D eigenvalue weighted by Gasteiger charge is -2.03. The first-order valence-electron chi connectivity index (χ1n) is 4.60. The molecule has 0 amide bonds. The van der Waals surface area contributed by atoms with Gasteiger partial charge in [-0.05, 0) is 24.3 Å². The fourth-order valence-corrected chi connectivity index (χ4v) is 3.70. The predicted octanol–water partition coefficient (Wildman–Crippen LogP) is 3.77. The molecule has 0 radical (unpaired) electrons. The van der Waals surface area contributed by atoms with Crippen molar-refractivity contribution in [3.63, 3.8) is 0 Å². The third kappa shape index (κ3) is 1.41. The van der Waals surface area contributed by atoms with Gasteiger partial charge in [-0.3, -0.25) is 0 Å². The molecule has 14 heavy (non-hydrogen) atoms. The molecule has 0 aliphatic heterocycles. The van der Waals surface area contributed by atoms with Crippen molar-refractivity contribution in [2.45, 2.75) is 18.2 Å². The van der Waals surface area contributed by atoms with Crippen LogP contribution in [0.2, 0.25) is 0 Å². The maximum absolute atomic E-state index is 5.99. The molecule has 3 heteroatoms. The van der Waals surface area contributed by atoms with Crippen LogP contribution in [0.3, 0.4) is 0 Å². The van der Waals surface area contributed by atoms with E-state index in [9.17, 15) is 0 Å². The van der Waals surface area contributed by atoms with Crippen LogP contribution in [0.5, 0.6) is 0 Å². The Hall–Kier alpha value is -0.670. The number of thioether (sulfide) groups is 1. The topological polar surface area (TPSA) is 26.0 Å². The molecule has 0 aliphatic rings. The third-order valence-corrected chi connectivity index (χ3v) is 4.37. The Morgan fingerprint density at radius 1 is 1.43 bits per heavy atom. The number of benzene rings is 1. The van der Waals surface area contributed by atoms with Gasteiger partial charge in [0.05, 0.1) is 0 Å². The summed E-state index contributed by atoms with van der Waals surface area (Å²) in [6.45, 7) is 2.18. The number of anilines is 1. The lowest BCUT2D eigenvalue weighted by Crippen LogP contribution is -1.88. The summed E-state index contributed by atoms with van der Waals surface area (Å²) in [5, 5.41) is 3.45. The van der Waals surface area contributed by atoms with Gasteiger partial charge in [-0.2, -0.15) is 0 Å². The van der Waals surface area contributed by atoms with Crippen LogP contribution in [-0.2, 0) is 6.42 Å². The van der Waals surface area contributed by atoms with Gasteiger partial charge < -0.3 is 5.73 Å². The van der Waals surface area contributed by atoms with E-state index in [-0.39, 0.29) is 0 Å². The van der Waals surface area contributed by atoms with E-state index < -0.39 is 0 Å². The summed E-state index contributed by atoms with van der Waals surface area (Å²) in [5.41, 5.74) is 8.30. The predicted molar refractivity (Wildman–Crippen MR) is 67.4 cm³/mol. The standard InChI is InChI=1S/C11H13NS2/c1-3-7-4-5-8(12)10-9(13-2)6-14-11(7)10/h4-6H,3,12H2,1-2H3. The molecule has 0 aliphatic carbocycles. The third-order valence-electron chi connectivity index (χ3n) is 2.40. The van der Waals surface area contributed by atoms with Gasteiger partial charge in [0, 0.05) is 26.0 Å². The lowest BCUT2D eigenvalue weighted by atomic mass is 10.1. The molecule has 1 aromatic heterocycles. The van der Waals surface area contributed by atoms with Crippen LogP contribution in [0.15, 0.2) is 22.4 Å². The van der Waals surface area contributed by atoms with E-state index in [0.717, 1.165) is 12.1 Å². The average molecular weight is 223 g/mol. The van der Waals surface area contributed by atoms with Gasteiger partial charge in [0.25, 0.3) is 0 Å². The van der Waals surface area contributed by atoms with Crippen molar-refractivity contribution >= 4 is 38.9 Å². The molecule has 1 aromatic carbocycles. The van der Waals surface area contributed by atoms with E-state index in [1.54, 1.807) is 23.1 Å². The molecular weight excluding hydrogens is 210 g/mol. The van der Waals surface area contributed by atoms with E-state index in [4.69, 9.17) is 5.73 Å². The van der Waals surface area contributed by atoms with Gasteiger partial charge in [0.1, 0.15) is 0 Å². The zero-order valence-electron chi connectivity index (χ0n) is 8.33. The minimum atomic E-state index is 0.905. The van der Waals surface area contributed by atoms with Gasteiger partial charge in [-0.15, -0.1) is 23.1 Å². The maximum atomic E-state index is 5.99. The van der Waals surface area contributed by atoms with Crippen LogP contribution in [-0.4, -0.2) is 6.26 Å². The molecular formula is C11H13NS2. The van der Waals surface area contributed by atoms with Crippen molar-refractivity contribution < 1.29 is 0 Å². The summed E-state index contributed by atoms with van der Waals surface area (Å²) in [6.07, 6.45) is 3.17. The zero-order valence-corrected chi connectivity index (χ0v) is 9.97. The molecule has 0 unspecified atom stereocenters. The number of rotatable bonds is 2. The number of nitrogens with two attached hydrogens (primary N) is 1. The normalized spacial score (nSPS) is 11.0. The Balaban J connectivity index is 2.80. The SMILES string of the molecule is CCc1ccc(N)c2c(SC)csc12. The van der Waals surface area contributed by atoms with Gasteiger partial charge >= 0.3 is 0 Å². The molecule has 0 atom stereocenters. The molecule has 0 saturated carbocycles. The van der Waals surface area contributed by atoms with Crippen molar-refractivity contribution in [3.8, 4) is 0 Å². The van der Waals surface area contributed by atoms with Gasteiger partial charge in [-0.1, -0.05) is 13.0 Å². The Bertz CT molecular complexity index is 460. The van der Waals surface area contributed by atoms with E-state index in [0.29, 0.717) is 0 Å². The molecule has 0 fully saturated rings. The van der Waals surface area contributed by atoms with Gasteiger partial charge in [0.2, 0.25) is 0 Å². The number of thiophene rings is 1.